The van der Waals surface area contributed by atoms with Gasteiger partial charge >= 0.3 is 0 Å². The van der Waals surface area contributed by atoms with Crippen molar-refractivity contribution in [1.29, 1.82) is 0 Å². The first-order chi connectivity index (χ1) is 9.49. The molecule has 2 nitrogen and oxygen atoms in total. The first kappa shape index (κ1) is 14.8. The Labute approximate surface area is 124 Å². The van der Waals surface area contributed by atoms with Gasteiger partial charge in [-0.1, -0.05) is 13.8 Å². The maximum absolute atomic E-state index is 10.7. The summed E-state index contributed by atoms with van der Waals surface area (Å²) < 4.78 is 0. The zero-order valence-corrected chi connectivity index (χ0v) is 13.4. The molecule has 0 saturated heterocycles. The van der Waals surface area contributed by atoms with Crippen LogP contribution in [0.3, 0.4) is 0 Å². The van der Waals surface area contributed by atoms with Crippen molar-refractivity contribution in [3.05, 3.63) is 0 Å². The third kappa shape index (κ3) is 2.92. The number of aliphatic hydroxyl groups excluding tert-OH is 1. The fourth-order valence-electron chi connectivity index (χ4n) is 6.17. The van der Waals surface area contributed by atoms with Gasteiger partial charge in [0.15, 0.2) is 0 Å². The Morgan fingerprint density at radius 2 is 1.55 bits per heavy atom. The maximum Gasteiger partial charge on any atom is 0.0585 e. The summed E-state index contributed by atoms with van der Waals surface area (Å²) in [5.74, 6) is 3.89. The van der Waals surface area contributed by atoms with E-state index in [1.807, 2.05) is 0 Å². The Kier molecular flexibility index (Phi) is 4.16. The molecule has 4 aliphatic carbocycles. The molecule has 2 heteroatoms. The van der Waals surface area contributed by atoms with Gasteiger partial charge in [-0.05, 0) is 92.9 Å². The van der Waals surface area contributed by atoms with Crippen LogP contribution >= 0.6 is 0 Å². The van der Waals surface area contributed by atoms with Crippen LogP contribution in [-0.2, 0) is 0 Å². The molecule has 4 rings (SSSR count). The second kappa shape index (κ2) is 5.61. The van der Waals surface area contributed by atoms with E-state index in [0.717, 1.165) is 30.6 Å². The summed E-state index contributed by atoms with van der Waals surface area (Å²) in [6, 6.07) is 0. The Morgan fingerprint density at radius 3 is 1.95 bits per heavy atom. The lowest BCUT2D eigenvalue weighted by Gasteiger charge is -2.57. The zero-order chi connectivity index (χ0) is 14.3. The Balaban J connectivity index is 1.64. The summed E-state index contributed by atoms with van der Waals surface area (Å²) in [7, 11) is 0. The minimum absolute atomic E-state index is 0.168. The minimum Gasteiger partial charge on any atom is -0.393 e. The van der Waals surface area contributed by atoms with E-state index in [1.165, 1.54) is 38.5 Å². The predicted octanol–water partition coefficient (Wildman–Crippen LogP) is 3.57. The minimum atomic E-state index is -0.168. The Bertz CT molecular complexity index is 303. The van der Waals surface area contributed by atoms with Crippen LogP contribution in [0, 0.1) is 35.0 Å². The third-order valence-corrected chi connectivity index (χ3v) is 6.43. The number of nitrogens with two attached hydrogens (primary N) is 1. The molecular formula is C18H33NO. The van der Waals surface area contributed by atoms with Crippen molar-refractivity contribution in [1.82, 2.24) is 0 Å². The number of hydrogen-bond donors (Lipinski definition) is 2. The van der Waals surface area contributed by atoms with Crippen molar-refractivity contribution in [3.8, 4) is 0 Å². The van der Waals surface area contributed by atoms with E-state index in [0.29, 0.717) is 23.8 Å². The molecule has 0 aromatic heterocycles. The molecule has 0 aliphatic heterocycles. The van der Waals surface area contributed by atoms with Crippen molar-refractivity contribution in [2.24, 2.45) is 40.7 Å². The van der Waals surface area contributed by atoms with E-state index in [1.54, 1.807) is 0 Å². The van der Waals surface area contributed by atoms with Gasteiger partial charge < -0.3 is 10.8 Å². The molecule has 4 bridgehead atoms. The van der Waals surface area contributed by atoms with Crippen molar-refractivity contribution < 1.29 is 5.11 Å². The molecule has 2 unspecified atom stereocenters. The average Bonchev–Trinajstić information content (AvgIpc) is 2.33. The highest BCUT2D eigenvalue weighted by Crippen LogP contribution is 2.61. The first-order valence-corrected chi connectivity index (χ1v) is 8.88. The largest absolute Gasteiger partial charge is 0.393 e. The predicted molar refractivity (Wildman–Crippen MR) is 83.2 cm³/mol. The van der Waals surface area contributed by atoms with Crippen LogP contribution in [-0.4, -0.2) is 17.8 Å². The summed E-state index contributed by atoms with van der Waals surface area (Å²) in [5.41, 5.74) is 6.41. The van der Waals surface area contributed by atoms with Crippen LogP contribution in [0.25, 0.3) is 0 Å². The van der Waals surface area contributed by atoms with Gasteiger partial charge in [0.2, 0.25) is 0 Å². The lowest BCUT2D eigenvalue weighted by atomic mass is 9.48. The van der Waals surface area contributed by atoms with Crippen molar-refractivity contribution in [2.45, 2.75) is 71.3 Å². The van der Waals surface area contributed by atoms with E-state index in [-0.39, 0.29) is 6.10 Å². The molecule has 2 atom stereocenters. The van der Waals surface area contributed by atoms with Gasteiger partial charge in [0.05, 0.1) is 6.10 Å². The van der Waals surface area contributed by atoms with Gasteiger partial charge in [-0.2, -0.15) is 0 Å². The van der Waals surface area contributed by atoms with Gasteiger partial charge in [-0.3, -0.25) is 0 Å². The van der Waals surface area contributed by atoms with Crippen LogP contribution in [0.4, 0.5) is 0 Å². The smallest absolute Gasteiger partial charge is 0.0585 e. The molecule has 3 N–H and O–H groups in total. The SMILES string of the molecule is CC(C)CC(CN)C(O)CC12CC3CC(CC(C3)C1)C2. The van der Waals surface area contributed by atoms with Gasteiger partial charge in [-0.15, -0.1) is 0 Å². The van der Waals surface area contributed by atoms with Gasteiger partial charge in [-0.25, -0.2) is 0 Å². The normalized spacial score (nSPS) is 42.1. The molecule has 4 aliphatic rings. The monoisotopic (exact) mass is 279 g/mol. The van der Waals surface area contributed by atoms with E-state index in [4.69, 9.17) is 5.73 Å². The second-order valence-corrected chi connectivity index (χ2v) is 8.81. The molecule has 0 aromatic carbocycles. The molecule has 0 heterocycles. The molecule has 0 aromatic rings. The van der Waals surface area contributed by atoms with Gasteiger partial charge in [0, 0.05) is 0 Å². The Morgan fingerprint density at radius 1 is 1.05 bits per heavy atom. The standard InChI is InChI=1S/C18H33NO/c1-12(2)3-16(11-19)17(20)10-18-7-13-4-14(8-18)6-15(5-13)9-18/h12-17,20H,3-11,19H2,1-2H3. The molecule has 116 valence electrons. The summed E-state index contributed by atoms with van der Waals surface area (Å²) >= 11 is 0. The van der Waals surface area contributed by atoms with Crippen LogP contribution in [0.15, 0.2) is 0 Å². The highest BCUT2D eigenvalue weighted by Gasteiger charge is 2.51. The zero-order valence-electron chi connectivity index (χ0n) is 13.4. The van der Waals surface area contributed by atoms with Gasteiger partial charge in [0.1, 0.15) is 0 Å². The fraction of sp³-hybridized carbons (Fsp3) is 1.00. The van der Waals surface area contributed by atoms with E-state index in [9.17, 15) is 5.11 Å². The molecule has 0 amide bonds. The first-order valence-electron chi connectivity index (χ1n) is 8.88. The average molecular weight is 279 g/mol. The Hall–Kier alpha value is -0.0800. The third-order valence-electron chi connectivity index (χ3n) is 6.43. The molecular weight excluding hydrogens is 246 g/mol. The van der Waals surface area contributed by atoms with E-state index in [2.05, 4.69) is 13.8 Å². The summed E-state index contributed by atoms with van der Waals surface area (Å²) in [5, 5.41) is 10.7. The fourth-order valence-corrected chi connectivity index (χ4v) is 6.17. The van der Waals surface area contributed by atoms with Crippen molar-refractivity contribution in [2.75, 3.05) is 6.54 Å². The summed E-state index contributed by atoms with van der Waals surface area (Å²) in [6.07, 6.45) is 10.6. The summed E-state index contributed by atoms with van der Waals surface area (Å²) in [4.78, 5) is 0. The van der Waals surface area contributed by atoms with E-state index < -0.39 is 0 Å². The van der Waals surface area contributed by atoms with Crippen molar-refractivity contribution in [3.63, 3.8) is 0 Å². The number of hydrogen-bond acceptors (Lipinski definition) is 2. The molecule has 20 heavy (non-hydrogen) atoms. The molecule has 0 spiro atoms. The number of aliphatic hydroxyl groups is 1. The highest BCUT2D eigenvalue weighted by molar-refractivity contribution is 5.02. The second-order valence-electron chi connectivity index (χ2n) is 8.81. The van der Waals surface area contributed by atoms with Crippen LogP contribution < -0.4 is 5.73 Å². The summed E-state index contributed by atoms with van der Waals surface area (Å²) in [6.45, 7) is 5.12. The highest BCUT2D eigenvalue weighted by atomic mass is 16.3. The van der Waals surface area contributed by atoms with Crippen molar-refractivity contribution >= 4 is 0 Å². The van der Waals surface area contributed by atoms with Crippen LogP contribution in [0.2, 0.25) is 0 Å². The van der Waals surface area contributed by atoms with Crippen LogP contribution in [0.1, 0.15) is 65.2 Å². The van der Waals surface area contributed by atoms with E-state index >= 15 is 0 Å². The van der Waals surface area contributed by atoms with Crippen LogP contribution in [0.5, 0.6) is 0 Å². The van der Waals surface area contributed by atoms with Gasteiger partial charge in [0.25, 0.3) is 0 Å². The molecule has 0 radical (unpaired) electrons. The molecule has 4 fully saturated rings. The quantitative estimate of drug-likeness (QED) is 0.780. The molecule has 4 saturated carbocycles. The maximum atomic E-state index is 10.7. The number of rotatable bonds is 6. The topological polar surface area (TPSA) is 46.2 Å². The lowest BCUT2D eigenvalue weighted by Crippen LogP contribution is -2.48. The lowest BCUT2D eigenvalue weighted by molar-refractivity contribution is -0.0838.